The Labute approximate surface area is 115 Å². The van der Waals surface area contributed by atoms with Crippen LogP contribution in [0.1, 0.15) is 47.0 Å². The van der Waals surface area contributed by atoms with Crippen molar-refractivity contribution in [1.29, 1.82) is 0 Å². The first-order valence-corrected chi connectivity index (χ1v) is 7.23. The topological polar surface area (TPSA) is 52.7 Å². The van der Waals surface area contributed by atoms with Crippen LogP contribution in [-0.4, -0.2) is 52.5 Å². The Morgan fingerprint density at radius 1 is 1.21 bits per heavy atom. The van der Waals surface area contributed by atoms with Gasteiger partial charge in [-0.25, -0.2) is 4.79 Å². The normalized spacial score (nSPS) is 26.9. The van der Waals surface area contributed by atoms with E-state index >= 15 is 0 Å². The Morgan fingerprint density at radius 2 is 1.79 bits per heavy atom. The van der Waals surface area contributed by atoms with Crippen LogP contribution in [0.15, 0.2) is 0 Å². The Bertz CT molecular complexity index is 367. The van der Waals surface area contributed by atoms with E-state index in [0.29, 0.717) is 6.42 Å². The predicted octanol–water partition coefficient (Wildman–Crippen LogP) is 1.58. The van der Waals surface area contributed by atoms with Gasteiger partial charge in [0, 0.05) is 24.7 Å². The molecule has 0 bridgehead atoms. The average molecular weight is 267 g/mol. The van der Waals surface area contributed by atoms with Crippen molar-refractivity contribution in [2.75, 3.05) is 13.1 Å². The van der Waals surface area contributed by atoms with Gasteiger partial charge >= 0.3 is 6.03 Å². The molecule has 2 saturated heterocycles. The second-order valence-electron chi connectivity index (χ2n) is 6.51. The molecular weight excluding hydrogens is 242 g/mol. The molecule has 5 heteroatoms. The van der Waals surface area contributed by atoms with Gasteiger partial charge in [-0.15, -0.1) is 0 Å². The van der Waals surface area contributed by atoms with Crippen LogP contribution in [0.5, 0.6) is 0 Å². The molecule has 5 nitrogen and oxygen atoms in total. The third kappa shape index (κ3) is 2.76. The standard InChI is InChI=1S/C14H25N3O2/c1-5-11-12(18)17(13(19)15-11)10-6-8-16(9-7-10)14(2,3)4/h10-11H,5-9H2,1-4H3,(H,15,19). The van der Waals surface area contributed by atoms with Gasteiger partial charge in [-0.05, 0) is 40.0 Å². The lowest BCUT2D eigenvalue weighted by Gasteiger charge is -2.42. The van der Waals surface area contributed by atoms with E-state index in [4.69, 9.17) is 0 Å². The molecule has 3 amide bonds. The van der Waals surface area contributed by atoms with Crippen molar-refractivity contribution >= 4 is 11.9 Å². The maximum atomic E-state index is 12.2. The second-order valence-corrected chi connectivity index (χ2v) is 6.51. The highest BCUT2D eigenvalue weighted by Gasteiger charge is 2.42. The molecule has 108 valence electrons. The summed E-state index contributed by atoms with van der Waals surface area (Å²) >= 11 is 0. The van der Waals surface area contributed by atoms with Gasteiger partial charge in [0.15, 0.2) is 0 Å². The van der Waals surface area contributed by atoms with Crippen LogP contribution in [0.25, 0.3) is 0 Å². The van der Waals surface area contributed by atoms with Crippen molar-refractivity contribution in [2.45, 2.75) is 64.6 Å². The highest BCUT2D eigenvalue weighted by molar-refractivity contribution is 6.04. The smallest absolute Gasteiger partial charge is 0.325 e. The fourth-order valence-corrected chi connectivity index (χ4v) is 2.97. The molecule has 2 aliphatic heterocycles. The van der Waals surface area contributed by atoms with Gasteiger partial charge in [0.25, 0.3) is 5.91 Å². The molecular formula is C14H25N3O2. The first-order valence-electron chi connectivity index (χ1n) is 7.23. The number of carbonyl (C=O) groups excluding carboxylic acids is 2. The third-order valence-electron chi connectivity index (χ3n) is 4.24. The van der Waals surface area contributed by atoms with Crippen LogP contribution >= 0.6 is 0 Å². The van der Waals surface area contributed by atoms with Crippen molar-refractivity contribution in [2.24, 2.45) is 0 Å². The lowest BCUT2D eigenvalue weighted by molar-refractivity contribution is -0.129. The highest BCUT2D eigenvalue weighted by atomic mass is 16.2. The van der Waals surface area contributed by atoms with Crippen molar-refractivity contribution < 1.29 is 9.59 Å². The average Bonchev–Trinajstić information content (AvgIpc) is 2.63. The second kappa shape index (κ2) is 5.12. The minimum absolute atomic E-state index is 0.0401. The summed E-state index contributed by atoms with van der Waals surface area (Å²) in [5.74, 6) is -0.0401. The first kappa shape index (κ1) is 14.3. The molecule has 0 aromatic carbocycles. The summed E-state index contributed by atoms with van der Waals surface area (Å²) in [6.07, 6.45) is 2.43. The monoisotopic (exact) mass is 267 g/mol. The molecule has 1 N–H and O–H groups in total. The number of rotatable bonds is 2. The third-order valence-corrected chi connectivity index (χ3v) is 4.24. The molecule has 1 atom stereocenters. The van der Waals surface area contributed by atoms with E-state index in [1.54, 1.807) is 0 Å². The number of hydrogen-bond acceptors (Lipinski definition) is 3. The van der Waals surface area contributed by atoms with Gasteiger partial charge in [0.05, 0.1) is 0 Å². The molecule has 1 unspecified atom stereocenters. The Morgan fingerprint density at radius 3 is 2.21 bits per heavy atom. The van der Waals surface area contributed by atoms with E-state index in [1.807, 2.05) is 6.92 Å². The highest BCUT2D eigenvalue weighted by Crippen LogP contribution is 2.25. The van der Waals surface area contributed by atoms with Crippen LogP contribution in [0, 0.1) is 0 Å². The molecule has 2 fully saturated rings. The summed E-state index contributed by atoms with van der Waals surface area (Å²) in [6, 6.07) is -0.443. The van der Waals surface area contributed by atoms with E-state index < -0.39 is 0 Å². The molecule has 0 saturated carbocycles. The number of hydrogen-bond donors (Lipinski definition) is 1. The quantitative estimate of drug-likeness (QED) is 0.773. The van der Waals surface area contributed by atoms with Crippen LogP contribution in [0.4, 0.5) is 4.79 Å². The number of likely N-dealkylation sites (tertiary alicyclic amines) is 1. The zero-order valence-electron chi connectivity index (χ0n) is 12.4. The molecule has 2 heterocycles. The molecule has 0 aromatic heterocycles. The van der Waals surface area contributed by atoms with Crippen LogP contribution in [0.3, 0.4) is 0 Å². The zero-order valence-corrected chi connectivity index (χ0v) is 12.4. The van der Waals surface area contributed by atoms with Gasteiger partial charge in [-0.2, -0.15) is 0 Å². The number of urea groups is 1. The number of nitrogens with one attached hydrogen (secondary N) is 1. The Balaban J connectivity index is 1.98. The van der Waals surface area contributed by atoms with Crippen LogP contribution in [-0.2, 0) is 4.79 Å². The van der Waals surface area contributed by atoms with Crippen molar-refractivity contribution in [1.82, 2.24) is 15.1 Å². The van der Waals surface area contributed by atoms with Gasteiger partial charge in [0.1, 0.15) is 6.04 Å². The summed E-state index contributed by atoms with van der Waals surface area (Å²) in [7, 11) is 0. The number of amides is 3. The van der Waals surface area contributed by atoms with E-state index in [2.05, 4.69) is 31.0 Å². The molecule has 19 heavy (non-hydrogen) atoms. The Hall–Kier alpha value is -1.10. The largest absolute Gasteiger partial charge is 0.326 e. The van der Waals surface area contributed by atoms with Crippen LogP contribution < -0.4 is 5.32 Å². The maximum absolute atomic E-state index is 12.2. The fraction of sp³-hybridized carbons (Fsp3) is 0.857. The van der Waals surface area contributed by atoms with E-state index in [-0.39, 0.29) is 29.6 Å². The van der Waals surface area contributed by atoms with E-state index in [0.717, 1.165) is 25.9 Å². The fourth-order valence-electron chi connectivity index (χ4n) is 2.97. The summed E-state index contributed by atoms with van der Waals surface area (Å²) in [4.78, 5) is 27.9. The first-order chi connectivity index (χ1) is 8.84. The maximum Gasteiger partial charge on any atom is 0.325 e. The SMILES string of the molecule is CCC1NC(=O)N(C2CCN(C(C)(C)C)CC2)C1=O. The van der Waals surface area contributed by atoms with Gasteiger partial charge < -0.3 is 5.32 Å². The Kier molecular flexibility index (Phi) is 3.85. The van der Waals surface area contributed by atoms with Gasteiger partial charge in [0.2, 0.25) is 0 Å². The summed E-state index contributed by atoms with van der Waals surface area (Å²) in [6.45, 7) is 10.4. The van der Waals surface area contributed by atoms with E-state index in [1.165, 1.54) is 4.90 Å². The van der Waals surface area contributed by atoms with Gasteiger partial charge in [-0.1, -0.05) is 6.92 Å². The number of carbonyl (C=O) groups is 2. The summed E-state index contributed by atoms with van der Waals surface area (Å²) in [5.41, 5.74) is 0.161. The molecule has 2 aliphatic rings. The number of nitrogens with zero attached hydrogens (tertiary/aromatic N) is 2. The van der Waals surface area contributed by atoms with Crippen LogP contribution in [0.2, 0.25) is 0 Å². The minimum atomic E-state index is -0.312. The molecule has 0 aliphatic carbocycles. The predicted molar refractivity (Wildman–Crippen MR) is 73.8 cm³/mol. The molecule has 2 rings (SSSR count). The van der Waals surface area contributed by atoms with E-state index in [9.17, 15) is 9.59 Å². The number of piperidine rings is 1. The number of imide groups is 1. The lowest BCUT2D eigenvalue weighted by Crippen LogP contribution is -2.52. The van der Waals surface area contributed by atoms with Gasteiger partial charge in [-0.3, -0.25) is 14.6 Å². The summed E-state index contributed by atoms with van der Waals surface area (Å²) in [5, 5.41) is 2.77. The molecule has 0 radical (unpaired) electrons. The van der Waals surface area contributed by atoms with Crippen molar-refractivity contribution in [3.63, 3.8) is 0 Å². The summed E-state index contributed by atoms with van der Waals surface area (Å²) < 4.78 is 0. The zero-order chi connectivity index (χ0) is 14.2. The minimum Gasteiger partial charge on any atom is -0.326 e. The molecule has 0 aromatic rings. The van der Waals surface area contributed by atoms with Crippen molar-refractivity contribution in [3.8, 4) is 0 Å². The van der Waals surface area contributed by atoms with Crippen molar-refractivity contribution in [3.05, 3.63) is 0 Å². The lowest BCUT2D eigenvalue weighted by atomic mass is 9.97. The molecule has 0 spiro atoms.